The van der Waals surface area contributed by atoms with E-state index in [2.05, 4.69) is 31.9 Å². The van der Waals surface area contributed by atoms with Crippen LogP contribution >= 0.6 is 0 Å². The normalized spacial score (nSPS) is 18.9. The highest BCUT2D eigenvalue weighted by molar-refractivity contribution is 5.86. The monoisotopic (exact) mass is 531 g/mol. The molecule has 5 heterocycles. The fourth-order valence-corrected chi connectivity index (χ4v) is 5.86. The minimum atomic E-state index is -1.07. The van der Waals surface area contributed by atoms with Crippen LogP contribution in [0.4, 0.5) is 14.5 Å². The molecule has 2 aliphatic heterocycles. The number of anilines is 1. The van der Waals surface area contributed by atoms with Gasteiger partial charge in [-0.25, -0.2) is 4.39 Å². The van der Waals surface area contributed by atoms with Crippen molar-refractivity contribution in [1.29, 1.82) is 0 Å². The van der Waals surface area contributed by atoms with Gasteiger partial charge < -0.3 is 14.2 Å². The van der Waals surface area contributed by atoms with Crippen LogP contribution in [0.25, 0.3) is 10.9 Å². The fourth-order valence-electron chi connectivity index (χ4n) is 5.86. The van der Waals surface area contributed by atoms with Crippen molar-refractivity contribution in [2.45, 2.75) is 51.9 Å². The number of pyridine rings is 3. The van der Waals surface area contributed by atoms with E-state index in [9.17, 15) is 13.6 Å². The van der Waals surface area contributed by atoms with Crippen molar-refractivity contribution in [1.82, 2.24) is 19.4 Å². The van der Waals surface area contributed by atoms with E-state index in [1.165, 1.54) is 0 Å². The topological polar surface area (TPSA) is 63.5 Å². The molecule has 3 aromatic heterocycles. The van der Waals surface area contributed by atoms with Crippen molar-refractivity contribution in [3.05, 3.63) is 93.8 Å². The molecule has 0 spiro atoms. The van der Waals surface area contributed by atoms with Crippen LogP contribution in [0, 0.1) is 18.6 Å². The number of aryl methyl sites for hydroxylation is 1. The molecule has 0 saturated carbocycles. The van der Waals surface area contributed by atoms with Gasteiger partial charge in [-0.1, -0.05) is 0 Å². The molecule has 1 aromatic carbocycles. The number of rotatable bonds is 6. The van der Waals surface area contributed by atoms with Gasteiger partial charge in [0, 0.05) is 62.1 Å². The summed E-state index contributed by atoms with van der Waals surface area (Å²) in [4.78, 5) is 27.0. The molecule has 202 valence electrons. The van der Waals surface area contributed by atoms with Crippen LogP contribution in [0.15, 0.2) is 59.9 Å². The molecule has 39 heavy (non-hydrogen) atoms. The van der Waals surface area contributed by atoms with Crippen LogP contribution in [0.2, 0.25) is 0 Å². The summed E-state index contributed by atoms with van der Waals surface area (Å²) in [6.07, 6.45) is 9.27. The van der Waals surface area contributed by atoms with E-state index in [0.717, 1.165) is 48.9 Å². The second kappa shape index (κ2) is 10.4. The zero-order valence-corrected chi connectivity index (χ0v) is 22.1. The van der Waals surface area contributed by atoms with Crippen LogP contribution in [0.5, 0.6) is 5.75 Å². The van der Waals surface area contributed by atoms with Gasteiger partial charge in [-0.3, -0.25) is 19.7 Å². The largest absolute Gasteiger partial charge is 0.486 e. The summed E-state index contributed by atoms with van der Waals surface area (Å²) in [5.41, 5.74) is 3.70. The molecule has 0 radical (unpaired) electrons. The van der Waals surface area contributed by atoms with Crippen molar-refractivity contribution in [3.8, 4) is 5.75 Å². The first-order valence-corrected chi connectivity index (χ1v) is 13.4. The zero-order chi connectivity index (χ0) is 27.1. The standard InChI is InChI=1S/C30H31F2N5O2/c1-19-11-21(7-9-34-19)14-36(24-6-4-10-35(17-24)23-5-3-8-33-13-23)15-22-16-37-20(2)18-39-30-27(32)26(31)12-25(28(30)37)29(22)38/h3,5,7-9,11-13,16,20,24H,4,6,10,14-15,17-18H2,1-2H3/t20-,24-/m0/s1. The van der Waals surface area contributed by atoms with Crippen LogP contribution in [-0.4, -0.2) is 45.2 Å². The van der Waals surface area contributed by atoms with Crippen molar-refractivity contribution < 1.29 is 13.5 Å². The summed E-state index contributed by atoms with van der Waals surface area (Å²) in [5.74, 6) is -2.31. The molecule has 1 fully saturated rings. The predicted molar refractivity (Wildman–Crippen MR) is 146 cm³/mol. The number of piperidine rings is 1. The molecule has 0 N–H and O–H groups in total. The lowest BCUT2D eigenvalue weighted by atomic mass is 10.0. The van der Waals surface area contributed by atoms with Crippen LogP contribution < -0.4 is 15.1 Å². The van der Waals surface area contributed by atoms with Crippen molar-refractivity contribution in [2.24, 2.45) is 0 Å². The molecule has 2 atom stereocenters. The molecule has 4 aromatic rings. The molecule has 6 rings (SSSR count). The highest BCUT2D eigenvalue weighted by Gasteiger charge is 2.30. The number of aromatic nitrogens is 3. The summed E-state index contributed by atoms with van der Waals surface area (Å²) >= 11 is 0. The van der Waals surface area contributed by atoms with Gasteiger partial charge in [0.05, 0.1) is 28.8 Å². The highest BCUT2D eigenvalue weighted by atomic mass is 19.2. The molecule has 0 unspecified atom stereocenters. The Bertz CT molecular complexity index is 1580. The van der Waals surface area contributed by atoms with Gasteiger partial charge in [-0.2, -0.15) is 4.39 Å². The average molecular weight is 532 g/mol. The number of hydrogen-bond acceptors (Lipinski definition) is 6. The van der Waals surface area contributed by atoms with E-state index in [4.69, 9.17) is 4.74 Å². The molecule has 2 aliphatic rings. The predicted octanol–water partition coefficient (Wildman–Crippen LogP) is 5.00. The van der Waals surface area contributed by atoms with Crippen LogP contribution in [0.1, 0.15) is 42.6 Å². The summed E-state index contributed by atoms with van der Waals surface area (Å²) in [7, 11) is 0. The third-order valence-electron chi connectivity index (χ3n) is 7.83. The van der Waals surface area contributed by atoms with Crippen LogP contribution in [-0.2, 0) is 13.1 Å². The molecule has 1 saturated heterocycles. The maximum Gasteiger partial charge on any atom is 0.202 e. The SMILES string of the molecule is Cc1cc(CN(Cc2cn3c4c(c(F)c(F)cc4c2=O)OC[C@@H]3C)[C@H]2CCCN(c3cccnc3)C2)ccn1. The molecule has 0 bridgehead atoms. The Kier molecular flexibility index (Phi) is 6.76. The first kappa shape index (κ1) is 25.4. The van der Waals surface area contributed by atoms with E-state index in [-0.39, 0.29) is 35.3 Å². The number of hydrogen-bond donors (Lipinski definition) is 0. The van der Waals surface area contributed by atoms with Gasteiger partial charge in [0.25, 0.3) is 0 Å². The van der Waals surface area contributed by atoms with Gasteiger partial charge in [0.1, 0.15) is 6.61 Å². The summed E-state index contributed by atoms with van der Waals surface area (Å²) in [6.45, 7) is 6.87. The summed E-state index contributed by atoms with van der Waals surface area (Å²) < 4.78 is 36.5. The number of nitrogens with zero attached hydrogens (tertiary/aromatic N) is 5. The quantitative estimate of drug-likeness (QED) is 0.349. The van der Waals surface area contributed by atoms with Gasteiger partial charge in [-0.15, -0.1) is 0 Å². The highest BCUT2D eigenvalue weighted by Crippen LogP contribution is 2.35. The van der Waals surface area contributed by atoms with Gasteiger partial charge >= 0.3 is 0 Å². The summed E-state index contributed by atoms with van der Waals surface area (Å²) in [5, 5.41) is 0.147. The average Bonchev–Trinajstić information content (AvgIpc) is 2.95. The lowest BCUT2D eigenvalue weighted by Crippen LogP contribution is -2.48. The molecular weight excluding hydrogens is 500 g/mol. The second-order valence-corrected chi connectivity index (χ2v) is 10.6. The Balaban J connectivity index is 1.40. The molecular formula is C30H31F2N5O2. The third kappa shape index (κ3) is 4.87. The second-order valence-electron chi connectivity index (χ2n) is 10.6. The molecule has 7 nitrogen and oxygen atoms in total. The first-order chi connectivity index (χ1) is 18.9. The Morgan fingerprint density at radius 1 is 1.18 bits per heavy atom. The van der Waals surface area contributed by atoms with Crippen molar-refractivity contribution in [3.63, 3.8) is 0 Å². The van der Waals surface area contributed by atoms with Crippen molar-refractivity contribution in [2.75, 3.05) is 24.6 Å². The molecule has 0 aliphatic carbocycles. The van der Waals surface area contributed by atoms with Gasteiger partial charge in [0.2, 0.25) is 5.82 Å². The molecule has 9 heteroatoms. The maximum atomic E-state index is 14.6. The fraction of sp³-hybridized carbons (Fsp3) is 0.367. The van der Waals surface area contributed by atoms with E-state index in [1.807, 2.05) is 42.9 Å². The lowest BCUT2D eigenvalue weighted by molar-refractivity contribution is 0.157. The van der Waals surface area contributed by atoms with E-state index >= 15 is 0 Å². The Labute approximate surface area is 225 Å². The third-order valence-corrected chi connectivity index (χ3v) is 7.83. The minimum Gasteiger partial charge on any atom is -0.486 e. The Morgan fingerprint density at radius 3 is 2.85 bits per heavy atom. The Hall–Kier alpha value is -3.85. The van der Waals surface area contributed by atoms with Gasteiger partial charge in [0.15, 0.2) is 17.0 Å². The first-order valence-electron chi connectivity index (χ1n) is 13.4. The number of halogens is 2. The minimum absolute atomic E-state index is 0.128. The van der Waals surface area contributed by atoms with E-state index < -0.39 is 11.6 Å². The number of benzene rings is 1. The Morgan fingerprint density at radius 2 is 2.05 bits per heavy atom. The summed E-state index contributed by atoms with van der Waals surface area (Å²) in [6, 6.07) is 9.14. The zero-order valence-electron chi connectivity index (χ0n) is 22.1. The number of ether oxygens (including phenoxy) is 1. The van der Waals surface area contributed by atoms with Crippen molar-refractivity contribution >= 4 is 16.6 Å². The lowest BCUT2D eigenvalue weighted by Gasteiger charge is -2.40. The maximum absolute atomic E-state index is 14.6. The van der Waals surface area contributed by atoms with Crippen LogP contribution in [0.3, 0.4) is 0 Å². The van der Waals surface area contributed by atoms with Gasteiger partial charge in [-0.05, 0) is 62.6 Å². The smallest absolute Gasteiger partial charge is 0.202 e. The molecule has 0 amide bonds. The van der Waals surface area contributed by atoms with E-state index in [1.54, 1.807) is 12.4 Å². The van der Waals surface area contributed by atoms with E-state index in [0.29, 0.717) is 24.2 Å².